The van der Waals surface area contributed by atoms with Crippen LogP contribution in [0.15, 0.2) is 24.3 Å². The van der Waals surface area contributed by atoms with E-state index in [9.17, 15) is 9.50 Å². The second-order valence-corrected chi connectivity index (χ2v) is 3.00. The Balaban J connectivity index is 2.79. The third-order valence-corrected chi connectivity index (χ3v) is 2.00. The lowest BCUT2D eigenvalue weighted by molar-refractivity contribution is 0.166. The van der Waals surface area contributed by atoms with Crippen molar-refractivity contribution in [2.24, 2.45) is 0 Å². The summed E-state index contributed by atoms with van der Waals surface area (Å²) in [5.41, 5.74) is 0.725. The lowest BCUT2D eigenvalue weighted by Gasteiger charge is -2.13. The van der Waals surface area contributed by atoms with Crippen molar-refractivity contribution in [1.82, 2.24) is 0 Å². The van der Waals surface area contributed by atoms with Gasteiger partial charge in [0.2, 0.25) is 0 Å². The summed E-state index contributed by atoms with van der Waals surface area (Å²) in [6, 6.07) is 7.17. The molecule has 0 aliphatic rings. The number of halogens is 1. The summed E-state index contributed by atoms with van der Waals surface area (Å²) in [6.07, 6.45) is 0.0847. The van der Waals surface area contributed by atoms with Crippen molar-refractivity contribution in [3.05, 3.63) is 29.8 Å². The molecule has 0 spiro atoms. The first kappa shape index (κ1) is 11.0. The largest absolute Gasteiger partial charge is 0.490 e. The number of hydrogen-bond acceptors (Lipinski definition) is 2. The molecule has 14 heavy (non-hydrogen) atoms. The van der Waals surface area contributed by atoms with E-state index >= 15 is 0 Å². The topological polar surface area (TPSA) is 29.5 Å². The molecule has 0 aliphatic heterocycles. The van der Waals surface area contributed by atoms with Gasteiger partial charge in [-0.1, -0.05) is 25.1 Å². The van der Waals surface area contributed by atoms with Crippen LogP contribution in [0.4, 0.5) is 4.39 Å². The Morgan fingerprint density at radius 2 is 2.14 bits per heavy atom. The zero-order chi connectivity index (χ0) is 10.4. The molecule has 1 aromatic rings. The van der Waals surface area contributed by atoms with E-state index in [1.54, 1.807) is 18.2 Å². The quantitative estimate of drug-likeness (QED) is 0.787. The van der Waals surface area contributed by atoms with Gasteiger partial charge in [-0.2, -0.15) is 0 Å². The summed E-state index contributed by atoms with van der Waals surface area (Å²) in [7, 11) is 0. The summed E-state index contributed by atoms with van der Waals surface area (Å²) < 4.78 is 17.1. The minimum absolute atomic E-state index is 0.0352. The van der Waals surface area contributed by atoms with Crippen LogP contribution < -0.4 is 4.74 Å². The zero-order valence-electron chi connectivity index (χ0n) is 8.24. The van der Waals surface area contributed by atoms with Gasteiger partial charge in [-0.15, -0.1) is 0 Å². The normalized spacial score (nSPS) is 12.5. The maximum absolute atomic E-state index is 11.9. The molecule has 1 unspecified atom stereocenters. The van der Waals surface area contributed by atoms with E-state index in [1.165, 1.54) is 0 Å². The van der Waals surface area contributed by atoms with Crippen LogP contribution in [0, 0.1) is 0 Å². The number of para-hydroxylation sites is 1. The van der Waals surface area contributed by atoms with Crippen LogP contribution in [0.3, 0.4) is 0 Å². The van der Waals surface area contributed by atoms with E-state index in [0.717, 1.165) is 5.56 Å². The number of aliphatic hydroxyl groups is 1. The molecule has 0 aromatic heterocycles. The molecule has 0 radical (unpaired) electrons. The highest BCUT2D eigenvalue weighted by Gasteiger charge is 2.10. The average Bonchev–Trinajstić information content (AvgIpc) is 2.25. The summed E-state index contributed by atoms with van der Waals surface area (Å²) >= 11 is 0. The summed E-state index contributed by atoms with van der Waals surface area (Å²) in [6.45, 7) is 1.40. The molecule has 1 atom stereocenters. The predicted octanol–water partition coefficient (Wildman–Crippen LogP) is 2.48. The van der Waals surface area contributed by atoms with Gasteiger partial charge in [0.25, 0.3) is 0 Å². The van der Waals surface area contributed by atoms with Crippen LogP contribution in [0.25, 0.3) is 0 Å². The van der Waals surface area contributed by atoms with Crippen molar-refractivity contribution in [3.8, 4) is 5.75 Å². The van der Waals surface area contributed by atoms with E-state index in [2.05, 4.69) is 0 Å². The molecule has 78 valence electrons. The highest BCUT2D eigenvalue weighted by atomic mass is 19.1. The molecule has 0 fully saturated rings. The van der Waals surface area contributed by atoms with Gasteiger partial charge in [-0.05, 0) is 12.5 Å². The molecular weight excluding hydrogens is 183 g/mol. The summed E-state index contributed by atoms with van der Waals surface area (Å²) in [5, 5.41) is 9.64. The predicted molar refractivity (Wildman–Crippen MR) is 53.2 cm³/mol. The van der Waals surface area contributed by atoms with Gasteiger partial charge in [-0.25, -0.2) is 4.39 Å². The SMILES string of the molecule is CCC(O)c1ccccc1OCCF. The van der Waals surface area contributed by atoms with Crippen molar-refractivity contribution < 1.29 is 14.2 Å². The number of ether oxygens (including phenoxy) is 1. The first-order valence-corrected chi connectivity index (χ1v) is 4.75. The third kappa shape index (κ3) is 2.70. The van der Waals surface area contributed by atoms with Crippen LogP contribution in [0.1, 0.15) is 25.0 Å². The van der Waals surface area contributed by atoms with E-state index in [1.807, 2.05) is 13.0 Å². The number of alkyl halides is 1. The van der Waals surface area contributed by atoms with Gasteiger partial charge in [-0.3, -0.25) is 0 Å². The van der Waals surface area contributed by atoms with Crippen LogP contribution in [0.5, 0.6) is 5.75 Å². The molecule has 0 aliphatic carbocycles. The fraction of sp³-hybridized carbons (Fsp3) is 0.455. The lowest BCUT2D eigenvalue weighted by atomic mass is 10.1. The molecule has 2 nitrogen and oxygen atoms in total. The minimum atomic E-state index is -0.536. The number of benzene rings is 1. The van der Waals surface area contributed by atoms with Crippen LogP contribution in [0.2, 0.25) is 0 Å². The van der Waals surface area contributed by atoms with Crippen LogP contribution >= 0.6 is 0 Å². The molecule has 0 bridgehead atoms. The van der Waals surface area contributed by atoms with E-state index < -0.39 is 12.8 Å². The molecule has 0 amide bonds. The third-order valence-electron chi connectivity index (χ3n) is 2.00. The average molecular weight is 198 g/mol. The Hall–Kier alpha value is -1.09. The van der Waals surface area contributed by atoms with Crippen molar-refractivity contribution >= 4 is 0 Å². The van der Waals surface area contributed by atoms with Gasteiger partial charge >= 0.3 is 0 Å². The van der Waals surface area contributed by atoms with Crippen molar-refractivity contribution in [2.75, 3.05) is 13.3 Å². The lowest BCUT2D eigenvalue weighted by Crippen LogP contribution is -2.04. The Labute approximate surface area is 83.3 Å². The first-order chi connectivity index (χ1) is 6.79. The highest BCUT2D eigenvalue weighted by Crippen LogP contribution is 2.26. The van der Waals surface area contributed by atoms with Crippen molar-refractivity contribution in [3.63, 3.8) is 0 Å². The number of rotatable bonds is 5. The maximum atomic E-state index is 11.9. The molecule has 0 heterocycles. The van der Waals surface area contributed by atoms with Gasteiger partial charge < -0.3 is 9.84 Å². The standard InChI is InChI=1S/C11H15FO2/c1-2-10(13)9-5-3-4-6-11(9)14-8-7-12/h3-6,10,13H,2,7-8H2,1H3. The van der Waals surface area contributed by atoms with Gasteiger partial charge in [0.1, 0.15) is 19.0 Å². The molecular formula is C11H15FO2. The minimum Gasteiger partial charge on any atom is -0.490 e. The molecule has 0 saturated heterocycles. The number of aliphatic hydroxyl groups excluding tert-OH is 1. The van der Waals surface area contributed by atoms with E-state index in [-0.39, 0.29) is 6.61 Å². The first-order valence-electron chi connectivity index (χ1n) is 4.75. The Kier molecular flexibility index (Phi) is 4.40. The van der Waals surface area contributed by atoms with Gasteiger partial charge in [0, 0.05) is 5.56 Å². The second-order valence-electron chi connectivity index (χ2n) is 3.00. The van der Waals surface area contributed by atoms with Crippen molar-refractivity contribution in [1.29, 1.82) is 0 Å². The Morgan fingerprint density at radius 1 is 1.43 bits per heavy atom. The molecule has 1 aromatic carbocycles. The van der Waals surface area contributed by atoms with Gasteiger partial charge in [0.15, 0.2) is 0 Å². The molecule has 1 rings (SSSR count). The number of hydrogen-bond donors (Lipinski definition) is 1. The Bertz CT molecular complexity index is 276. The van der Waals surface area contributed by atoms with E-state index in [0.29, 0.717) is 12.2 Å². The summed E-state index contributed by atoms with van der Waals surface area (Å²) in [5.74, 6) is 0.569. The second kappa shape index (κ2) is 5.60. The van der Waals surface area contributed by atoms with Gasteiger partial charge in [0.05, 0.1) is 6.10 Å². The molecule has 3 heteroatoms. The Morgan fingerprint density at radius 3 is 2.79 bits per heavy atom. The summed E-state index contributed by atoms with van der Waals surface area (Å²) in [4.78, 5) is 0. The van der Waals surface area contributed by atoms with Crippen LogP contribution in [-0.2, 0) is 0 Å². The fourth-order valence-corrected chi connectivity index (χ4v) is 1.26. The molecule has 1 N–H and O–H groups in total. The van der Waals surface area contributed by atoms with Crippen LogP contribution in [-0.4, -0.2) is 18.4 Å². The monoisotopic (exact) mass is 198 g/mol. The van der Waals surface area contributed by atoms with E-state index in [4.69, 9.17) is 4.74 Å². The molecule has 0 saturated carbocycles. The van der Waals surface area contributed by atoms with Crippen molar-refractivity contribution in [2.45, 2.75) is 19.4 Å². The zero-order valence-corrected chi connectivity index (χ0v) is 8.24. The smallest absolute Gasteiger partial charge is 0.125 e. The maximum Gasteiger partial charge on any atom is 0.125 e. The fourth-order valence-electron chi connectivity index (χ4n) is 1.26. The highest BCUT2D eigenvalue weighted by molar-refractivity contribution is 5.34.